The van der Waals surface area contributed by atoms with Crippen molar-refractivity contribution < 1.29 is 22.7 Å². The maximum Gasteiger partial charge on any atom is 0.335 e. The summed E-state index contributed by atoms with van der Waals surface area (Å²) in [5.74, 6) is -0.247. The highest BCUT2D eigenvalue weighted by Gasteiger charge is 2.09. The van der Waals surface area contributed by atoms with Crippen molar-refractivity contribution in [1.29, 1.82) is 0 Å². The van der Waals surface area contributed by atoms with E-state index in [9.17, 15) is 13.2 Å². The van der Waals surface area contributed by atoms with Gasteiger partial charge in [-0.2, -0.15) is 0 Å². The van der Waals surface area contributed by atoms with Gasteiger partial charge in [0, 0.05) is 12.1 Å². The van der Waals surface area contributed by atoms with Crippen molar-refractivity contribution in [1.82, 2.24) is 0 Å². The second kappa shape index (κ2) is 6.05. The lowest BCUT2D eigenvalue weighted by molar-refractivity contribution is -0.128. The molecule has 1 aromatic rings. The third-order valence-corrected chi connectivity index (χ3v) is 2.58. The molecule has 0 N–H and O–H groups in total. The van der Waals surface area contributed by atoms with Gasteiger partial charge in [-0.1, -0.05) is 6.58 Å². The molecule has 0 aliphatic rings. The Kier molecular flexibility index (Phi) is 4.71. The van der Waals surface area contributed by atoms with Crippen molar-refractivity contribution in [3.05, 3.63) is 30.9 Å². The van der Waals surface area contributed by atoms with Gasteiger partial charge in [0.05, 0.1) is 6.61 Å². The molecule has 0 radical (unpaired) electrons. The molecule has 0 atom stereocenters. The maximum atomic E-state index is 11.0. The van der Waals surface area contributed by atoms with Crippen LogP contribution in [0.5, 0.6) is 11.5 Å². The van der Waals surface area contributed by atoms with E-state index in [4.69, 9.17) is 9.47 Å². The third-order valence-electron chi connectivity index (χ3n) is 1.81. The van der Waals surface area contributed by atoms with E-state index < -0.39 is 16.7 Å². The Hall–Kier alpha value is -1.82. The Balaban J connectivity index is 3.08. The Labute approximate surface area is 101 Å². The molecule has 1 aromatic carbocycles. The quantitative estimate of drug-likeness (QED) is 0.370. The zero-order valence-corrected chi connectivity index (χ0v) is 10.1. The first-order valence-corrected chi connectivity index (χ1v) is 6.01. The minimum atomic E-state index is -2.75. The molecule has 0 saturated carbocycles. The smallest absolute Gasteiger partial charge is 0.335 e. The number of thiol groups is 1. The highest BCUT2D eigenvalue weighted by Crippen LogP contribution is 2.26. The molecule has 0 heterocycles. The summed E-state index contributed by atoms with van der Waals surface area (Å²) >= 11 is 0. The minimum absolute atomic E-state index is 0.0558. The van der Waals surface area contributed by atoms with Crippen LogP contribution < -0.4 is 9.47 Å². The summed E-state index contributed by atoms with van der Waals surface area (Å²) in [5, 5.41) is 0. The van der Waals surface area contributed by atoms with E-state index in [1.807, 2.05) is 0 Å². The predicted molar refractivity (Wildman–Crippen MR) is 62.0 cm³/mol. The average molecular weight is 256 g/mol. The molecular weight excluding hydrogens is 244 g/mol. The fraction of sp³-hybridized carbons (Fsp3) is 0.182. The van der Waals surface area contributed by atoms with Gasteiger partial charge in [0.25, 0.3) is 0 Å². The highest BCUT2D eigenvalue weighted by molar-refractivity contribution is 7.72. The normalized spacial score (nSPS) is 10.0. The summed E-state index contributed by atoms with van der Waals surface area (Å²) in [6.07, 6.45) is 1.02. The minimum Gasteiger partial charge on any atom is -0.492 e. The largest absolute Gasteiger partial charge is 0.492 e. The molecule has 0 spiro atoms. The molecular formula is C11H12O5S. The molecule has 92 valence electrons. The van der Waals surface area contributed by atoms with E-state index in [1.165, 1.54) is 18.2 Å². The highest BCUT2D eigenvalue weighted by atomic mass is 32.2. The lowest BCUT2D eigenvalue weighted by atomic mass is 10.3. The number of hydrogen-bond donors (Lipinski definition) is 1. The predicted octanol–water partition coefficient (Wildman–Crippen LogP) is 1.15. The summed E-state index contributed by atoms with van der Waals surface area (Å²) < 4.78 is 31.8. The molecule has 0 amide bonds. The molecule has 17 heavy (non-hydrogen) atoms. The lowest BCUT2D eigenvalue weighted by Crippen LogP contribution is -2.04. The number of carbonyl (C=O) groups excluding carboxylic acids is 1. The average Bonchev–Trinajstić information content (AvgIpc) is 2.29. The van der Waals surface area contributed by atoms with Gasteiger partial charge in [0.15, 0.2) is 10.7 Å². The number of carbonyl (C=O) groups is 1. The Bertz CT molecular complexity index is 497. The molecule has 0 bridgehead atoms. The van der Waals surface area contributed by atoms with Gasteiger partial charge < -0.3 is 9.47 Å². The summed E-state index contributed by atoms with van der Waals surface area (Å²) in [5.41, 5.74) is 0. The standard InChI is InChI=1S/C11H12O5S/c1-3-11(12)16-8-5-6-10(17(13)14)9(7-8)15-4-2/h3,5-7,17H,1,4H2,2H3. The monoisotopic (exact) mass is 256 g/mol. The van der Waals surface area contributed by atoms with Gasteiger partial charge >= 0.3 is 5.97 Å². The fourth-order valence-corrected chi connectivity index (χ4v) is 1.64. The van der Waals surface area contributed by atoms with Gasteiger partial charge in [-0.25, -0.2) is 13.2 Å². The van der Waals surface area contributed by atoms with Crippen molar-refractivity contribution >= 4 is 16.7 Å². The van der Waals surface area contributed by atoms with Crippen molar-refractivity contribution in [3.63, 3.8) is 0 Å². The van der Waals surface area contributed by atoms with E-state index in [2.05, 4.69) is 6.58 Å². The van der Waals surface area contributed by atoms with E-state index in [1.54, 1.807) is 6.92 Å². The molecule has 0 aliphatic carbocycles. The van der Waals surface area contributed by atoms with Crippen LogP contribution in [0.25, 0.3) is 0 Å². The van der Waals surface area contributed by atoms with E-state index in [0.717, 1.165) is 6.08 Å². The maximum absolute atomic E-state index is 11.0. The fourth-order valence-electron chi connectivity index (χ4n) is 1.14. The molecule has 0 fully saturated rings. The van der Waals surface area contributed by atoms with Gasteiger partial charge in [-0.15, -0.1) is 0 Å². The van der Waals surface area contributed by atoms with Crippen LogP contribution in [0.1, 0.15) is 6.92 Å². The topological polar surface area (TPSA) is 69.7 Å². The molecule has 5 nitrogen and oxygen atoms in total. The number of benzene rings is 1. The van der Waals surface area contributed by atoms with Crippen LogP contribution in [0.3, 0.4) is 0 Å². The number of rotatable bonds is 5. The molecule has 0 unspecified atom stereocenters. The molecule has 0 aromatic heterocycles. The second-order valence-corrected chi connectivity index (χ2v) is 3.94. The summed E-state index contributed by atoms with van der Waals surface area (Å²) in [6.45, 7) is 5.30. The van der Waals surface area contributed by atoms with Crippen LogP contribution in [0.2, 0.25) is 0 Å². The first-order valence-electron chi connectivity index (χ1n) is 4.84. The summed E-state index contributed by atoms with van der Waals surface area (Å²) in [7, 11) is -2.75. The number of hydrogen-bond acceptors (Lipinski definition) is 5. The first kappa shape index (κ1) is 13.2. The summed E-state index contributed by atoms with van der Waals surface area (Å²) in [6, 6.07) is 4.05. The van der Waals surface area contributed by atoms with E-state index >= 15 is 0 Å². The Morgan fingerprint density at radius 1 is 1.47 bits per heavy atom. The zero-order chi connectivity index (χ0) is 12.8. The zero-order valence-electron chi connectivity index (χ0n) is 9.21. The molecule has 0 aliphatic heterocycles. The van der Waals surface area contributed by atoms with Gasteiger partial charge in [0.1, 0.15) is 16.4 Å². The van der Waals surface area contributed by atoms with Crippen LogP contribution in [0.15, 0.2) is 35.7 Å². The van der Waals surface area contributed by atoms with Crippen LogP contribution in [0.4, 0.5) is 0 Å². The first-order chi connectivity index (χ1) is 8.08. The van der Waals surface area contributed by atoms with Crippen LogP contribution in [0, 0.1) is 0 Å². The Morgan fingerprint density at radius 2 is 2.18 bits per heavy atom. The van der Waals surface area contributed by atoms with Crippen molar-refractivity contribution in [2.24, 2.45) is 0 Å². The molecule has 1 rings (SSSR count). The van der Waals surface area contributed by atoms with Gasteiger partial charge in [-0.3, -0.25) is 0 Å². The lowest BCUT2D eigenvalue weighted by Gasteiger charge is -2.08. The van der Waals surface area contributed by atoms with Gasteiger partial charge in [0.2, 0.25) is 0 Å². The van der Waals surface area contributed by atoms with E-state index in [-0.39, 0.29) is 16.4 Å². The van der Waals surface area contributed by atoms with Crippen molar-refractivity contribution in [2.75, 3.05) is 6.61 Å². The third kappa shape index (κ3) is 3.60. The second-order valence-electron chi connectivity index (χ2n) is 2.94. The number of ether oxygens (including phenoxy) is 2. The van der Waals surface area contributed by atoms with Crippen molar-refractivity contribution in [3.8, 4) is 11.5 Å². The SMILES string of the molecule is C=CC(=O)Oc1ccc([SH](=O)=O)c(OCC)c1. The van der Waals surface area contributed by atoms with Crippen LogP contribution in [-0.2, 0) is 15.5 Å². The number of esters is 1. The molecule has 0 saturated heterocycles. The Morgan fingerprint density at radius 3 is 2.71 bits per heavy atom. The molecule has 6 heteroatoms. The summed E-state index contributed by atoms with van der Waals surface area (Å²) in [4.78, 5) is 11.0. The van der Waals surface area contributed by atoms with E-state index in [0.29, 0.717) is 6.61 Å². The van der Waals surface area contributed by atoms with Crippen molar-refractivity contribution in [2.45, 2.75) is 11.8 Å². The van der Waals surface area contributed by atoms with Crippen LogP contribution in [-0.4, -0.2) is 21.0 Å². The van der Waals surface area contributed by atoms with Gasteiger partial charge in [-0.05, 0) is 19.1 Å². The van der Waals surface area contributed by atoms with Crippen LogP contribution >= 0.6 is 0 Å².